The minimum absolute atomic E-state index is 0.542. The molecule has 1 saturated carbocycles. The van der Waals surface area contributed by atoms with Crippen LogP contribution < -0.4 is 5.32 Å². The van der Waals surface area contributed by atoms with E-state index in [1.165, 1.54) is 32.1 Å². The number of pyridine rings is 1. The van der Waals surface area contributed by atoms with Crippen LogP contribution in [0, 0.1) is 23.2 Å². The summed E-state index contributed by atoms with van der Waals surface area (Å²) in [5, 5.41) is 12.2. The average molecular weight is 257 g/mol. The molecule has 1 heterocycles. The van der Waals surface area contributed by atoms with E-state index >= 15 is 0 Å². The molecule has 1 aromatic rings. The minimum Gasteiger partial charge on any atom is -0.367 e. The Bertz CT molecular complexity index is 424. The highest BCUT2D eigenvalue weighted by atomic mass is 15.0. The van der Waals surface area contributed by atoms with Gasteiger partial charge in [0.25, 0.3) is 0 Å². The third-order valence-corrected chi connectivity index (χ3v) is 4.47. The summed E-state index contributed by atoms with van der Waals surface area (Å²) in [4.78, 5) is 4.28. The second-order valence-corrected chi connectivity index (χ2v) is 5.69. The van der Waals surface area contributed by atoms with Gasteiger partial charge in [-0.15, -0.1) is 0 Å². The van der Waals surface area contributed by atoms with Crippen molar-refractivity contribution in [1.29, 1.82) is 5.26 Å². The van der Waals surface area contributed by atoms with Gasteiger partial charge in [-0.1, -0.05) is 20.3 Å². The summed E-state index contributed by atoms with van der Waals surface area (Å²) in [6.07, 6.45) is 8.03. The molecule has 1 aliphatic carbocycles. The fourth-order valence-electron chi connectivity index (χ4n) is 2.92. The van der Waals surface area contributed by atoms with Crippen LogP contribution in [0.25, 0.3) is 0 Å². The van der Waals surface area contributed by atoms with E-state index in [0.29, 0.717) is 11.6 Å². The molecular formula is C16H23N3. The van der Waals surface area contributed by atoms with Crippen LogP contribution in [0.15, 0.2) is 18.3 Å². The minimum atomic E-state index is 0.542. The maximum absolute atomic E-state index is 8.74. The van der Waals surface area contributed by atoms with Gasteiger partial charge in [-0.05, 0) is 49.7 Å². The van der Waals surface area contributed by atoms with Gasteiger partial charge in [0.15, 0.2) is 0 Å². The summed E-state index contributed by atoms with van der Waals surface area (Å²) in [5.41, 5.74) is 0.617. The fourth-order valence-corrected chi connectivity index (χ4v) is 2.92. The van der Waals surface area contributed by atoms with Crippen molar-refractivity contribution in [1.82, 2.24) is 4.98 Å². The first-order valence-corrected chi connectivity index (χ1v) is 7.35. The fraction of sp³-hybridized carbons (Fsp3) is 0.625. The summed E-state index contributed by atoms with van der Waals surface area (Å²) < 4.78 is 0. The Labute approximate surface area is 116 Å². The summed E-state index contributed by atoms with van der Waals surface area (Å²) in [7, 11) is 0. The predicted octanol–water partition coefficient (Wildman–Crippen LogP) is 3.97. The second-order valence-electron chi connectivity index (χ2n) is 5.69. The Morgan fingerprint density at radius 2 is 2.11 bits per heavy atom. The Morgan fingerprint density at radius 1 is 1.37 bits per heavy atom. The number of nitrogens with one attached hydrogen (secondary N) is 1. The topological polar surface area (TPSA) is 48.7 Å². The van der Waals surface area contributed by atoms with Gasteiger partial charge in [-0.2, -0.15) is 5.26 Å². The summed E-state index contributed by atoms with van der Waals surface area (Å²) in [5.74, 6) is 2.65. The number of aromatic nitrogens is 1. The van der Waals surface area contributed by atoms with Gasteiger partial charge in [0.05, 0.1) is 5.56 Å². The normalized spacial score (nSPS) is 24.5. The van der Waals surface area contributed by atoms with Crippen LogP contribution in [-0.4, -0.2) is 11.0 Å². The van der Waals surface area contributed by atoms with Crippen molar-refractivity contribution in [2.24, 2.45) is 11.8 Å². The molecule has 3 nitrogen and oxygen atoms in total. The zero-order valence-corrected chi connectivity index (χ0v) is 11.9. The van der Waals surface area contributed by atoms with E-state index < -0.39 is 0 Å². The Morgan fingerprint density at radius 3 is 2.63 bits per heavy atom. The van der Waals surface area contributed by atoms with Crippen molar-refractivity contribution in [3.05, 3.63) is 23.9 Å². The lowest BCUT2D eigenvalue weighted by Crippen LogP contribution is -2.28. The second kappa shape index (κ2) is 6.56. The molecule has 0 radical (unpaired) electrons. The first-order valence-electron chi connectivity index (χ1n) is 7.35. The van der Waals surface area contributed by atoms with Crippen LogP contribution in [0.4, 0.5) is 5.82 Å². The van der Waals surface area contributed by atoms with Gasteiger partial charge >= 0.3 is 0 Å². The summed E-state index contributed by atoms with van der Waals surface area (Å²) >= 11 is 0. The lowest BCUT2D eigenvalue weighted by molar-refractivity contribution is 0.247. The Hall–Kier alpha value is -1.56. The van der Waals surface area contributed by atoms with E-state index in [1.54, 1.807) is 6.20 Å². The molecule has 1 aromatic heterocycles. The quantitative estimate of drug-likeness (QED) is 0.887. The average Bonchev–Trinajstić information content (AvgIpc) is 2.48. The molecule has 19 heavy (non-hydrogen) atoms. The highest BCUT2D eigenvalue weighted by Gasteiger charge is 2.24. The van der Waals surface area contributed by atoms with Crippen molar-refractivity contribution in [2.45, 2.75) is 52.0 Å². The lowest BCUT2D eigenvalue weighted by Gasteiger charge is -2.32. The third-order valence-electron chi connectivity index (χ3n) is 4.47. The maximum atomic E-state index is 8.74. The van der Waals surface area contributed by atoms with Crippen LogP contribution in [0.1, 0.15) is 51.5 Å². The van der Waals surface area contributed by atoms with Crippen LogP contribution in [0.3, 0.4) is 0 Å². The van der Waals surface area contributed by atoms with E-state index in [9.17, 15) is 0 Å². The van der Waals surface area contributed by atoms with Crippen molar-refractivity contribution in [2.75, 3.05) is 5.32 Å². The highest BCUT2D eigenvalue weighted by Crippen LogP contribution is 2.32. The molecule has 1 unspecified atom stereocenters. The number of nitrogens with zero attached hydrogens (tertiary/aromatic N) is 2. The van der Waals surface area contributed by atoms with Crippen molar-refractivity contribution in [3.8, 4) is 6.07 Å². The molecule has 102 valence electrons. The zero-order valence-electron chi connectivity index (χ0n) is 11.9. The largest absolute Gasteiger partial charge is 0.367 e. The molecule has 0 saturated heterocycles. The molecular weight excluding hydrogens is 234 g/mol. The first kappa shape index (κ1) is 13.9. The summed E-state index contributed by atoms with van der Waals surface area (Å²) in [6.45, 7) is 4.66. The van der Waals surface area contributed by atoms with Crippen LogP contribution >= 0.6 is 0 Å². The van der Waals surface area contributed by atoms with Gasteiger partial charge in [-0.3, -0.25) is 0 Å². The van der Waals surface area contributed by atoms with Crippen LogP contribution in [-0.2, 0) is 0 Å². The number of hydrogen-bond acceptors (Lipinski definition) is 3. The van der Waals surface area contributed by atoms with Crippen molar-refractivity contribution < 1.29 is 0 Å². The monoisotopic (exact) mass is 257 g/mol. The van der Waals surface area contributed by atoms with Gasteiger partial charge in [-0.25, -0.2) is 4.98 Å². The molecule has 0 aliphatic heterocycles. The zero-order chi connectivity index (χ0) is 13.7. The molecule has 1 aliphatic rings. The summed E-state index contributed by atoms with van der Waals surface area (Å²) in [6, 6.07) is 6.36. The third kappa shape index (κ3) is 3.70. The Kier molecular flexibility index (Phi) is 4.79. The molecule has 2 rings (SSSR count). The maximum Gasteiger partial charge on any atom is 0.126 e. The smallest absolute Gasteiger partial charge is 0.126 e. The predicted molar refractivity (Wildman–Crippen MR) is 77.8 cm³/mol. The molecule has 1 atom stereocenters. The lowest BCUT2D eigenvalue weighted by atomic mass is 9.78. The van der Waals surface area contributed by atoms with Crippen molar-refractivity contribution in [3.63, 3.8) is 0 Å². The highest BCUT2D eigenvalue weighted by molar-refractivity contribution is 5.39. The number of anilines is 1. The van der Waals surface area contributed by atoms with Crippen LogP contribution in [0.5, 0.6) is 0 Å². The Balaban J connectivity index is 1.83. The van der Waals surface area contributed by atoms with E-state index in [2.05, 4.69) is 30.2 Å². The van der Waals surface area contributed by atoms with Gasteiger partial charge in [0.1, 0.15) is 11.9 Å². The molecule has 0 aromatic carbocycles. The van der Waals surface area contributed by atoms with E-state index in [-0.39, 0.29) is 0 Å². The molecule has 0 spiro atoms. The first-order chi connectivity index (χ1) is 9.22. The van der Waals surface area contributed by atoms with E-state index in [4.69, 9.17) is 5.26 Å². The molecule has 0 amide bonds. The molecule has 3 heteroatoms. The van der Waals surface area contributed by atoms with Gasteiger partial charge in [0, 0.05) is 12.2 Å². The van der Waals surface area contributed by atoms with Crippen molar-refractivity contribution >= 4 is 5.82 Å². The molecule has 0 bridgehead atoms. The number of nitriles is 1. The number of hydrogen-bond donors (Lipinski definition) is 1. The van der Waals surface area contributed by atoms with Crippen LogP contribution in [0.2, 0.25) is 0 Å². The SMILES string of the molecule is CCC(C)C1CCC(Nc2ccc(C#N)cn2)CC1. The van der Waals surface area contributed by atoms with E-state index in [0.717, 1.165) is 17.7 Å². The van der Waals surface area contributed by atoms with Gasteiger partial charge in [0.2, 0.25) is 0 Å². The molecule has 1 fully saturated rings. The van der Waals surface area contributed by atoms with E-state index in [1.807, 2.05) is 12.1 Å². The number of rotatable bonds is 4. The standard InChI is InChI=1S/C16H23N3/c1-3-12(2)14-5-7-15(8-6-14)19-16-9-4-13(10-17)11-18-16/h4,9,11-12,14-15H,3,5-8H2,1-2H3,(H,18,19). The molecule has 1 N–H and O–H groups in total. The van der Waals surface area contributed by atoms with Gasteiger partial charge < -0.3 is 5.32 Å².